The minimum atomic E-state index is -3.84. The summed E-state index contributed by atoms with van der Waals surface area (Å²) in [5.41, 5.74) is -0.0427. The molecule has 132 valence electrons. The monoisotopic (exact) mass is 356 g/mol. The molecule has 1 fully saturated rings. The van der Waals surface area contributed by atoms with Crippen molar-refractivity contribution in [1.82, 2.24) is 9.62 Å². The van der Waals surface area contributed by atoms with Crippen molar-refractivity contribution >= 4 is 22.0 Å². The average Bonchev–Trinajstić information content (AvgIpc) is 2.89. The zero-order chi connectivity index (χ0) is 17.7. The van der Waals surface area contributed by atoms with Gasteiger partial charge in [0.05, 0.1) is 30.2 Å². The van der Waals surface area contributed by atoms with Gasteiger partial charge >= 0.3 is 11.9 Å². The zero-order valence-electron chi connectivity index (χ0n) is 13.6. The highest BCUT2D eigenvalue weighted by atomic mass is 32.2. The van der Waals surface area contributed by atoms with E-state index in [1.165, 1.54) is 36.7 Å². The van der Waals surface area contributed by atoms with Gasteiger partial charge in [0.25, 0.3) is 0 Å². The van der Waals surface area contributed by atoms with E-state index in [9.17, 15) is 18.0 Å². The highest BCUT2D eigenvalue weighted by molar-refractivity contribution is 7.89. The van der Waals surface area contributed by atoms with Crippen LogP contribution in [0.25, 0.3) is 0 Å². The topological polar surface area (TPSA) is 102 Å². The quantitative estimate of drug-likeness (QED) is 0.771. The van der Waals surface area contributed by atoms with Crippen LogP contribution in [-0.4, -0.2) is 65.1 Å². The second-order valence-electron chi connectivity index (χ2n) is 5.24. The van der Waals surface area contributed by atoms with Crippen LogP contribution >= 0.6 is 0 Å². The van der Waals surface area contributed by atoms with Crippen LogP contribution in [0, 0.1) is 0 Å². The normalized spacial score (nSPS) is 16.2. The number of nitrogens with one attached hydrogen (secondary N) is 1. The second kappa shape index (κ2) is 7.73. The molecule has 24 heavy (non-hydrogen) atoms. The van der Waals surface area contributed by atoms with Crippen molar-refractivity contribution in [1.29, 1.82) is 0 Å². The SMILES string of the molecule is COC(=O)c1cc(C(=O)OC)cc(S(=O)(=O)N2CCCNCC2)c1. The van der Waals surface area contributed by atoms with Gasteiger partial charge in [0.15, 0.2) is 0 Å². The van der Waals surface area contributed by atoms with Gasteiger partial charge in [0.2, 0.25) is 10.0 Å². The summed E-state index contributed by atoms with van der Waals surface area (Å²) in [4.78, 5) is 23.5. The number of ether oxygens (including phenoxy) is 2. The summed E-state index contributed by atoms with van der Waals surface area (Å²) in [7, 11) is -1.47. The Morgan fingerprint density at radius 1 is 1.00 bits per heavy atom. The Labute approximate surface area is 140 Å². The van der Waals surface area contributed by atoms with Crippen molar-refractivity contribution in [3.63, 3.8) is 0 Å². The minimum absolute atomic E-state index is 0.0214. The van der Waals surface area contributed by atoms with Crippen molar-refractivity contribution in [2.24, 2.45) is 0 Å². The number of hydrogen-bond donors (Lipinski definition) is 1. The van der Waals surface area contributed by atoms with Crippen LogP contribution < -0.4 is 5.32 Å². The lowest BCUT2D eigenvalue weighted by molar-refractivity contribution is 0.0598. The molecule has 0 radical (unpaired) electrons. The molecule has 1 aliphatic rings. The Kier molecular flexibility index (Phi) is 5.92. The molecule has 0 bridgehead atoms. The van der Waals surface area contributed by atoms with E-state index < -0.39 is 22.0 Å². The first kappa shape index (κ1) is 18.4. The zero-order valence-corrected chi connectivity index (χ0v) is 14.4. The molecule has 0 amide bonds. The Hall–Kier alpha value is -1.97. The molecule has 1 aromatic rings. The number of sulfonamides is 1. The summed E-state index contributed by atoms with van der Waals surface area (Å²) in [6.07, 6.45) is 0.680. The van der Waals surface area contributed by atoms with E-state index in [0.29, 0.717) is 26.1 Å². The van der Waals surface area contributed by atoms with Crippen molar-refractivity contribution < 1.29 is 27.5 Å². The lowest BCUT2D eigenvalue weighted by atomic mass is 10.1. The predicted octanol–water partition coefficient (Wildman–Crippen LogP) is 0.244. The minimum Gasteiger partial charge on any atom is -0.465 e. The number of esters is 2. The van der Waals surface area contributed by atoms with Crippen LogP contribution in [0.1, 0.15) is 27.1 Å². The number of rotatable bonds is 4. The standard InChI is InChI=1S/C15H20N2O6S/c1-22-14(18)11-8-12(15(19)23-2)10-13(9-11)24(20,21)17-6-3-4-16-5-7-17/h8-10,16H,3-7H2,1-2H3. The molecule has 1 aromatic carbocycles. The second-order valence-corrected chi connectivity index (χ2v) is 7.17. The number of benzene rings is 1. The lowest BCUT2D eigenvalue weighted by Gasteiger charge is -2.20. The molecule has 0 atom stereocenters. The van der Waals surface area contributed by atoms with E-state index in [4.69, 9.17) is 0 Å². The van der Waals surface area contributed by atoms with Crippen LogP contribution in [0.15, 0.2) is 23.1 Å². The van der Waals surface area contributed by atoms with E-state index in [0.717, 1.165) is 6.54 Å². The van der Waals surface area contributed by atoms with Crippen LogP contribution in [0.5, 0.6) is 0 Å². The van der Waals surface area contributed by atoms with Gasteiger partial charge in [-0.25, -0.2) is 18.0 Å². The van der Waals surface area contributed by atoms with Crippen molar-refractivity contribution in [3.05, 3.63) is 29.3 Å². The molecule has 0 aliphatic carbocycles. The highest BCUT2D eigenvalue weighted by Gasteiger charge is 2.27. The van der Waals surface area contributed by atoms with E-state index in [1.54, 1.807) is 0 Å². The average molecular weight is 356 g/mol. The van der Waals surface area contributed by atoms with Gasteiger partial charge in [-0.3, -0.25) is 0 Å². The van der Waals surface area contributed by atoms with E-state index >= 15 is 0 Å². The maximum absolute atomic E-state index is 12.9. The third kappa shape index (κ3) is 3.92. The van der Waals surface area contributed by atoms with Crippen molar-refractivity contribution in [2.75, 3.05) is 40.4 Å². The van der Waals surface area contributed by atoms with Crippen LogP contribution in [0.3, 0.4) is 0 Å². The Morgan fingerprint density at radius 2 is 1.58 bits per heavy atom. The third-order valence-corrected chi connectivity index (χ3v) is 5.56. The molecular formula is C15H20N2O6S. The van der Waals surface area contributed by atoms with Gasteiger partial charge in [0, 0.05) is 19.6 Å². The van der Waals surface area contributed by atoms with Crippen molar-refractivity contribution in [3.8, 4) is 0 Å². The Morgan fingerprint density at radius 3 is 2.12 bits per heavy atom. The van der Waals surface area contributed by atoms with Crippen LogP contribution in [0.2, 0.25) is 0 Å². The summed E-state index contributed by atoms with van der Waals surface area (Å²) in [5, 5.41) is 3.12. The maximum Gasteiger partial charge on any atom is 0.337 e. The summed E-state index contributed by atoms with van der Waals surface area (Å²) in [5.74, 6) is -1.45. The van der Waals surface area contributed by atoms with Crippen molar-refractivity contribution in [2.45, 2.75) is 11.3 Å². The third-order valence-electron chi connectivity index (χ3n) is 3.69. The molecule has 9 heteroatoms. The number of nitrogens with zero attached hydrogens (tertiary/aromatic N) is 1. The molecule has 1 heterocycles. The van der Waals surface area contributed by atoms with Gasteiger partial charge in [0.1, 0.15) is 0 Å². The molecular weight excluding hydrogens is 336 g/mol. The largest absolute Gasteiger partial charge is 0.465 e. The van der Waals surface area contributed by atoms with Gasteiger partial charge in [-0.1, -0.05) is 0 Å². The molecule has 0 saturated carbocycles. The first-order valence-corrected chi connectivity index (χ1v) is 8.86. The molecule has 0 unspecified atom stereocenters. The smallest absolute Gasteiger partial charge is 0.337 e. The fourth-order valence-electron chi connectivity index (χ4n) is 2.43. The van der Waals surface area contributed by atoms with E-state index in [1.807, 2.05) is 0 Å². The molecule has 1 saturated heterocycles. The maximum atomic E-state index is 12.9. The summed E-state index contributed by atoms with van der Waals surface area (Å²) in [6, 6.07) is 3.68. The molecule has 2 rings (SSSR count). The number of carbonyl (C=O) groups excluding carboxylic acids is 2. The van der Waals surface area contributed by atoms with Gasteiger partial charge < -0.3 is 14.8 Å². The Balaban J connectivity index is 2.50. The highest BCUT2D eigenvalue weighted by Crippen LogP contribution is 2.21. The first-order chi connectivity index (χ1) is 11.4. The summed E-state index contributed by atoms with van der Waals surface area (Å²) in [6.45, 7) is 1.96. The van der Waals surface area contributed by atoms with Crippen LogP contribution in [-0.2, 0) is 19.5 Å². The molecule has 0 spiro atoms. The first-order valence-electron chi connectivity index (χ1n) is 7.42. The fraction of sp³-hybridized carbons (Fsp3) is 0.467. The molecule has 0 aromatic heterocycles. The predicted molar refractivity (Wildman–Crippen MR) is 85.4 cm³/mol. The summed E-state index contributed by atoms with van der Waals surface area (Å²) >= 11 is 0. The number of hydrogen-bond acceptors (Lipinski definition) is 7. The lowest BCUT2D eigenvalue weighted by Crippen LogP contribution is -2.34. The van der Waals surface area contributed by atoms with Gasteiger partial charge in [-0.15, -0.1) is 0 Å². The van der Waals surface area contributed by atoms with Gasteiger partial charge in [-0.2, -0.15) is 4.31 Å². The number of carbonyl (C=O) groups is 2. The Bertz CT molecular complexity index is 689. The number of methoxy groups -OCH3 is 2. The molecule has 1 N–H and O–H groups in total. The van der Waals surface area contributed by atoms with E-state index in [2.05, 4.69) is 14.8 Å². The van der Waals surface area contributed by atoms with Crippen LogP contribution in [0.4, 0.5) is 0 Å². The molecule has 8 nitrogen and oxygen atoms in total. The molecule has 1 aliphatic heterocycles. The summed E-state index contributed by atoms with van der Waals surface area (Å²) < 4.78 is 36.3. The fourth-order valence-corrected chi connectivity index (χ4v) is 3.98. The van der Waals surface area contributed by atoms with E-state index in [-0.39, 0.29) is 16.0 Å². The van der Waals surface area contributed by atoms with Gasteiger partial charge in [-0.05, 0) is 31.2 Å².